The lowest BCUT2D eigenvalue weighted by Gasteiger charge is -2.08. The van der Waals surface area contributed by atoms with Crippen LogP contribution < -0.4 is 10.1 Å². The average molecular weight is 391 g/mol. The highest BCUT2D eigenvalue weighted by atomic mass is 32.2. The quantitative estimate of drug-likeness (QED) is 0.694. The second-order valence-corrected chi connectivity index (χ2v) is 7.79. The van der Waals surface area contributed by atoms with E-state index < -0.39 is 27.5 Å². The second-order valence-electron chi connectivity index (χ2n) is 5.73. The zero-order valence-corrected chi connectivity index (χ0v) is 15.9. The van der Waals surface area contributed by atoms with Gasteiger partial charge in [-0.25, -0.2) is 13.2 Å². The van der Waals surface area contributed by atoms with Crippen LogP contribution in [0.1, 0.15) is 22.8 Å². The van der Waals surface area contributed by atoms with E-state index in [1.165, 1.54) is 13.2 Å². The minimum Gasteiger partial charge on any atom is -0.497 e. The number of carbonyl (C=O) groups is 2. The Labute approximate surface area is 158 Å². The van der Waals surface area contributed by atoms with E-state index in [9.17, 15) is 18.0 Å². The number of hydrogen-bond acceptors (Lipinski definition) is 6. The molecule has 8 heteroatoms. The summed E-state index contributed by atoms with van der Waals surface area (Å²) in [5, 5.41) is 2.53. The molecule has 0 saturated heterocycles. The van der Waals surface area contributed by atoms with Crippen LogP contribution in [0.4, 0.5) is 5.69 Å². The van der Waals surface area contributed by atoms with Crippen LogP contribution in [0.2, 0.25) is 0 Å². The van der Waals surface area contributed by atoms with Gasteiger partial charge in [-0.3, -0.25) is 4.79 Å². The maximum atomic E-state index is 12.3. The molecular formula is C19H21NO6S. The molecular weight excluding hydrogens is 370 g/mol. The SMILES string of the molecule is CCOC(=O)c1cccc(CS(=O)(=O)CC(=O)Nc2ccc(OC)cc2)c1. The Morgan fingerprint density at radius 3 is 2.41 bits per heavy atom. The molecule has 0 atom stereocenters. The number of nitrogens with one attached hydrogen (secondary N) is 1. The number of hydrogen-bond donors (Lipinski definition) is 1. The van der Waals surface area contributed by atoms with Crippen LogP contribution >= 0.6 is 0 Å². The van der Waals surface area contributed by atoms with Gasteiger partial charge in [0.1, 0.15) is 11.5 Å². The van der Waals surface area contributed by atoms with Crippen molar-refractivity contribution in [1.82, 2.24) is 0 Å². The third-order valence-corrected chi connectivity index (χ3v) is 5.02. The summed E-state index contributed by atoms with van der Waals surface area (Å²) in [5.74, 6) is -1.54. The van der Waals surface area contributed by atoms with E-state index in [1.807, 2.05) is 0 Å². The third kappa shape index (κ3) is 6.41. The van der Waals surface area contributed by atoms with Gasteiger partial charge in [0.15, 0.2) is 9.84 Å². The molecule has 0 aliphatic rings. The summed E-state index contributed by atoms with van der Waals surface area (Å²) in [6.45, 7) is 1.92. The average Bonchev–Trinajstić information content (AvgIpc) is 2.61. The van der Waals surface area contributed by atoms with Gasteiger partial charge in [0.05, 0.1) is 25.0 Å². The van der Waals surface area contributed by atoms with Crippen molar-refractivity contribution in [3.63, 3.8) is 0 Å². The number of rotatable bonds is 8. The molecule has 0 aliphatic heterocycles. The van der Waals surface area contributed by atoms with Crippen molar-refractivity contribution < 1.29 is 27.5 Å². The molecule has 2 aromatic rings. The number of sulfone groups is 1. The second kappa shape index (κ2) is 9.18. The number of esters is 1. The van der Waals surface area contributed by atoms with Gasteiger partial charge < -0.3 is 14.8 Å². The summed E-state index contributed by atoms with van der Waals surface area (Å²) in [6.07, 6.45) is 0. The van der Waals surface area contributed by atoms with Gasteiger partial charge in [-0.1, -0.05) is 12.1 Å². The maximum absolute atomic E-state index is 12.3. The van der Waals surface area contributed by atoms with Gasteiger partial charge in [0.25, 0.3) is 0 Å². The van der Waals surface area contributed by atoms with Crippen molar-refractivity contribution in [2.24, 2.45) is 0 Å². The molecule has 2 rings (SSSR count). The Bertz CT molecular complexity index is 906. The van der Waals surface area contributed by atoms with Gasteiger partial charge in [0, 0.05) is 5.69 Å². The summed E-state index contributed by atoms with van der Waals surface area (Å²) < 4.78 is 34.5. The van der Waals surface area contributed by atoms with Crippen LogP contribution in [0.25, 0.3) is 0 Å². The summed E-state index contributed by atoms with van der Waals surface area (Å²) in [6, 6.07) is 12.7. The van der Waals surface area contributed by atoms with E-state index >= 15 is 0 Å². The lowest BCUT2D eigenvalue weighted by Crippen LogP contribution is -2.24. The molecule has 0 fully saturated rings. The lowest BCUT2D eigenvalue weighted by molar-refractivity contribution is -0.113. The molecule has 144 valence electrons. The Balaban J connectivity index is 2.00. The minimum atomic E-state index is -3.71. The third-order valence-electron chi connectivity index (χ3n) is 3.55. The molecule has 0 spiro atoms. The molecule has 0 unspecified atom stereocenters. The monoisotopic (exact) mass is 391 g/mol. The zero-order valence-electron chi connectivity index (χ0n) is 15.1. The Morgan fingerprint density at radius 1 is 1.07 bits per heavy atom. The van der Waals surface area contributed by atoms with Gasteiger partial charge in [-0.2, -0.15) is 0 Å². The lowest BCUT2D eigenvalue weighted by atomic mass is 10.1. The fraction of sp³-hybridized carbons (Fsp3) is 0.263. The van der Waals surface area contributed by atoms with Crippen molar-refractivity contribution in [3.05, 3.63) is 59.7 Å². The van der Waals surface area contributed by atoms with Gasteiger partial charge in [-0.05, 0) is 48.9 Å². The number of methoxy groups -OCH3 is 1. The van der Waals surface area contributed by atoms with E-state index in [4.69, 9.17) is 9.47 Å². The van der Waals surface area contributed by atoms with Gasteiger partial charge >= 0.3 is 5.97 Å². The maximum Gasteiger partial charge on any atom is 0.338 e. The first-order valence-electron chi connectivity index (χ1n) is 8.23. The molecule has 1 N–H and O–H groups in total. The van der Waals surface area contributed by atoms with Crippen molar-refractivity contribution >= 4 is 27.4 Å². The highest BCUT2D eigenvalue weighted by molar-refractivity contribution is 7.91. The molecule has 7 nitrogen and oxygen atoms in total. The molecule has 0 radical (unpaired) electrons. The molecule has 0 saturated carbocycles. The standard InChI is InChI=1S/C19H21NO6S/c1-3-26-19(22)15-6-4-5-14(11-15)12-27(23,24)13-18(21)20-16-7-9-17(25-2)10-8-16/h4-11H,3,12-13H2,1-2H3,(H,20,21). The Kier molecular flexibility index (Phi) is 6.95. The molecule has 0 aromatic heterocycles. The van der Waals surface area contributed by atoms with Crippen molar-refractivity contribution in [1.29, 1.82) is 0 Å². The first kappa shape index (κ1) is 20.4. The number of ether oxygens (including phenoxy) is 2. The van der Waals surface area contributed by atoms with Crippen molar-refractivity contribution in [2.75, 3.05) is 24.8 Å². The molecule has 0 heterocycles. The molecule has 0 aliphatic carbocycles. The normalized spacial score (nSPS) is 10.9. The van der Waals surface area contributed by atoms with Crippen molar-refractivity contribution in [2.45, 2.75) is 12.7 Å². The highest BCUT2D eigenvalue weighted by Crippen LogP contribution is 2.16. The van der Waals surface area contributed by atoms with Crippen LogP contribution in [-0.4, -0.2) is 39.8 Å². The smallest absolute Gasteiger partial charge is 0.338 e. The zero-order chi connectivity index (χ0) is 19.9. The van der Waals surface area contributed by atoms with Crippen LogP contribution in [0.3, 0.4) is 0 Å². The predicted molar refractivity (Wildman–Crippen MR) is 102 cm³/mol. The Hall–Kier alpha value is -2.87. The summed E-state index contributed by atoms with van der Waals surface area (Å²) in [7, 11) is -2.19. The fourth-order valence-corrected chi connectivity index (χ4v) is 3.64. The molecule has 27 heavy (non-hydrogen) atoms. The predicted octanol–water partition coefficient (Wildman–Crippen LogP) is 2.43. The van der Waals surface area contributed by atoms with E-state index in [2.05, 4.69) is 5.32 Å². The van der Waals surface area contributed by atoms with Crippen LogP contribution in [0, 0.1) is 0 Å². The molecule has 0 bridgehead atoms. The molecule has 2 aromatic carbocycles. The van der Waals surface area contributed by atoms with E-state index in [-0.39, 0.29) is 17.9 Å². The number of benzene rings is 2. The van der Waals surface area contributed by atoms with Crippen LogP contribution in [0.5, 0.6) is 5.75 Å². The summed E-state index contributed by atoms with van der Waals surface area (Å²) >= 11 is 0. The molecule has 1 amide bonds. The van der Waals surface area contributed by atoms with Crippen molar-refractivity contribution in [3.8, 4) is 5.75 Å². The van der Waals surface area contributed by atoms with E-state index in [1.54, 1.807) is 49.4 Å². The largest absolute Gasteiger partial charge is 0.497 e. The first-order valence-corrected chi connectivity index (χ1v) is 10.1. The summed E-state index contributed by atoms with van der Waals surface area (Å²) in [4.78, 5) is 23.8. The van der Waals surface area contributed by atoms with E-state index in [0.29, 0.717) is 17.0 Å². The number of anilines is 1. The summed E-state index contributed by atoms with van der Waals surface area (Å²) in [5.41, 5.74) is 1.16. The Morgan fingerprint density at radius 2 is 1.78 bits per heavy atom. The number of amides is 1. The first-order chi connectivity index (χ1) is 12.8. The van der Waals surface area contributed by atoms with E-state index in [0.717, 1.165) is 0 Å². The highest BCUT2D eigenvalue weighted by Gasteiger charge is 2.18. The van der Waals surface area contributed by atoms with Gasteiger partial charge in [-0.15, -0.1) is 0 Å². The van der Waals surface area contributed by atoms with Gasteiger partial charge in [0.2, 0.25) is 5.91 Å². The number of carbonyl (C=O) groups excluding carboxylic acids is 2. The topological polar surface area (TPSA) is 98.8 Å². The fourth-order valence-electron chi connectivity index (χ4n) is 2.38. The minimum absolute atomic E-state index is 0.229. The van der Waals surface area contributed by atoms with Crippen LogP contribution in [-0.2, 0) is 25.1 Å². The van der Waals surface area contributed by atoms with Crippen LogP contribution in [0.15, 0.2) is 48.5 Å².